The zero-order valence-corrected chi connectivity index (χ0v) is 16.6. The lowest BCUT2D eigenvalue weighted by Gasteiger charge is -2.19. The van der Waals surface area contributed by atoms with Crippen LogP contribution in [0.2, 0.25) is 0 Å². The number of rotatable bonds is 15. The van der Waals surface area contributed by atoms with Crippen LogP contribution in [0.3, 0.4) is 0 Å². The fourth-order valence-corrected chi connectivity index (χ4v) is 2.20. The van der Waals surface area contributed by atoms with Crippen LogP contribution < -0.4 is 14.2 Å². The van der Waals surface area contributed by atoms with E-state index in [-0.39, 0.29) is 12.1 Å². The van der Waals surface area contributed by atoms with E-state index < -0.39 is 11.8 Å². The summed E-state index contributed by atoms with van der Waals surface area (Å²) in [6.45, 7) is 7.59. The van der Waals surface area contributed by atoms with Crippen LogP contribution >= 0.6 is 0 Å². The van der Waals surface area contributed by atoms with E-state index in [0.29, 0.717) is 37.1 Å². The number of hydrogen-bond acceptors (Lipinski definition) is 6. The highest BCUT2D eigenvalue weighted by Crippen LogP contribution is 2.40. The van der Waals surface area contributed by atoms with E-state index in [1.165, 1.54) is 6.20 Å². The number of Topliss-reactive ketones (excluding diaryl/α,β-unsaturated/α-hetero) is 1. The zero-order valence-electron chi connectivity index (χ0n) is 16.6. The van der Waals surface area contributed by atoms with Gasteiger partial charge in [-0.3, -0.25) is 9.78 Å². The minimum Gasteiger partial charge on any atom is -0.488 e. The first-order valence-corrected chi connectivity index (χ1v) is 9.71. The fraction of sp³-hybridized carbons (Fsp3) is 0.650. The molecule has 1 N–H and O–H groups in total. The first kappa shape index (κ1) is 22.7. The number of aliphatic carboxylic acids is 1. The molecular formula is C20H31NO6. The van der Waals surface area contributed by atoms with E-state index in [4.69, 9.17) is 19.3 Å². The number of carboxylic acids is 1. The standard InChI is InChI=1S/C20H31NO6/c1-4-7-10-25-17-14-21-15(13-16(22)20(23)24)18(26-11-8-5-2)19(17)27-12-9-6-3/h14H,4-13H2,1-3H3,(H,23,24). The van der Waals surface area contributed by atoms with Gasteiger partial charge in [0.05, 0.1) is 38.1 Å². The molecule has 0 bridgehead atoms. The lowest BCUT2D eigenvalue weighted by molar-refractivity contribution is -0.148. The van der Waals surface area contributed by atoms with Crippen molar-refractivity contribution in [2.75, 3.05) is 19.8 Å². The average molecular weight is 381 g/mol. The predicted octanol–water partition coefficient (Wildman–Crippen LogP) is 3.81. The minimum atomic E-state index is -1.49. The molecule has 0 atom stereocenters. The van der Waals surface area contributed by atoms with Crippen molar-refractivity contribution >= 4 is 11.8 Å². The highest BCUT2D eigenvalue weighted by atomic mass is 16.5. The third-order valence-corrected chi connectivity index (χ3v) is 3.84. The van der Waals surface area contributed by atoms with Crippen molar-refractivity contribution in [3.05, 3.63) is 11.9 Å². The number of aromatic nitrogens is 1. The van der Waals surface area contributed by atoms with Crippen LogP contribution in [-0.2, 0) is 16.0 Å². The number of ketones is 1. The van der Waals surface area contributed by atoms with Crippen LogP contribution in [0, 0.1) is 0 Å². The molecule has 1 aromatic heterocycles. The van der Waals surface area contributed by atoms with Crippen molar-refractivity contribution in [1.29, 1.82) is 0 Å². The lowest BCUT2D eigenvalue weighted by atomic mass is 10.1. The molecule has 1 rings (SSSR count). The number of ether oxygens (including phenoxy) is 3. The summed E-state index contributed by atoms with van der Waals surface area (Å²) in [5.41, 5.74) is 0.257. The number of carbonyl (C=O) groups excluding carboxylic acids is 1. The van der Waals surface area contributed by atoms with E-state index in [1.807, 2.05) is 6.92 Å². The van der Waals surface area contributed by atoms with E-state index in [1.54, 1.807) is 0 Å². The van der Waals surface area contributed by atoms with Gasteiger partial charge in [-0.1, -0.05) is 40.0 Å². The van der Waals surface area contributed by atoms with Crippen molar-refractivity contribution in [3.8, 4) is 17.2 Å². The molecule has 152 valence electrons. The third-order valence-electron chi connectivity index (χ3n) is 3.84. The van der Waals surface area contributed by atoms with Gasteiger partial charge in [0.15, 0.2) is 11.5 Å². The summed E-state index contributed by atoms with van der Waals surface area (Å²) in [5.74, 6) is -1.27. The Kier molecular flexibility index (Phi) is 10.9. The predicted molar refractivity (Wildman–Crippen MR) is 102 cm³/mol. The summed E-state index contributed by atoms with van der Waals surface area (Å²) in [7, 11) is 0. The molecule has 0 saturated heterocycles. The molecule has 1 heterocycles. The van der Waals surface area contributed by atoms with Crippen molar-refractivity contribution in [2.45, 2.75) is 65.7 Å². The van der Waals surface area contributed by atoms with Crippen LogP contribution in [0.1, 0.15) is 65.0 Å². The Hall–Kier alpha value is -2.31. The van der Waals surface area contributed by atoms with Crippen LogP contribution in [0.5, 0.6) is 17.2 Å². The van der Waals surface area contributed by atoms with Gasteiger partial charge in [-0.2, -0.15) is 0 Å². The number of carboxylic acid groups (broad SMARTS) is 1. The Balaban J connectivity index is 3.20. The second kappa shape index (κ2) is 12.9. The maximum absolute atomic E-state index is 11.7. The quantitative estimate of drug-likeness (QED) is 0.364. The monoisotopic (exact) mass is 381 g/mol. The van der Waals surface area contributed by atoms with Crippen molar-refractivity contribution in [2.24, 2.45) is 0 Å². The van der Waals surface area contributed by atoms with Crippen molar-refractivity contribution in [3.63, 3.8) is 0 Å². The van der Waals surface area contributed by atoms with E-state index in [2.05, 4.69) is 18.8 Å². The molecule has 0 aliphatic rings. The molecule has 0 radical (unpaired) electrons. The summed E-state index contributed by atoms with van der Waals surface area (Å²) in [4.78, 5) is 26.9. The Morgan fingerprint density at radius 2 is 1.41 bits per heavy atom. The number of unbranched alkanes of at least 4 members (excludes halogenated alkanes) is 3. The summed E-state index contributed by atoms with van der Waals surface area (Å²) in [6.07, 6.45) is 6.59. The highest BCUT2D eigenvalue weighted by Gasteiger charge is 2.23. The molecule has 1 aromatic rings. The molecule has 0 aliphatic carbocycles. The van der Waals surface area contributed by atoms with Gasteiger partial charge in [-0.05, 0) is 19.3 Å². The molecule has 0 saturated carbocycles. The van der Waals surface area contributed by atoms with Crippen LogP contribution in [0.15, 0.2) is 6.20 Å². The summed E-state index contributed by atoms with van der Waals surface area (Å²) in [6, 6.07) is 0. The zero-order chi connectivity index (χ0) is 20.1. The molecular weight excluding hydrogens is 350 g/mol. The summed E-state index contributed by atoms with van der Waals surface area (Å²) >= 11 is 0. The van der Waals surface area contributed by atoms with Crippen molar-refractivity contribution < 1.29 is 28.9 Å². The van der Waals surface area contributed by atoms with Gasteiger partial charge in [0, 0.05) is 0 Å². The Labute approximate surface area is 161 Å². The Morgan fingerprint density at radius 1 is 0.889 bits per heavy atom. The summed E-state index contributed by atoms with van der Waals surface area (Å²) in [5, 5.41) is 8.91. The highest BCUT2D eigenvalue weighted by molar-refractivity contribution is 6.33. The van der Waals surface area contributed by atoms with Crippen molar-refractivity contribution in [1.82, 2.24) is 4.98 Å². The number of pyridine rings is 1. The van der Waals surface area contributed by atoms with E-state index >= 15 is 0 Å². The maximum atomic E-state index is 11.7. The Bertz CT molecular complexity index is 602. The molecule has 0 fully saturated rings. The second-order valence-corrected chi connectivity index (χ2v) is 6.24. The summed E-state index contributed by atoms with van der Waals surface area (Å²) < 4.78 is 17.6. The largest absolute Gasteiger partial charge is 0.488 e. The molecule has 7 nitrogen and oxygen atoms in total. The van der Waals surface area contributed by atoms with Crippen LogP contribution in [0.4, 0.5) is 0 Å². The fourth-order valence-electron chi connectivity index (χ4n) is 2.20. The van der Waals surface area contributed by atoms with Gasteiger partial charge < -0.3 is 19.3 Å². The topological polar surface area (TPSA) is 95.0 Å². The van der Waals surface area contributed by atoms with Gasteiger partial charge in [0.1, 0.15) is 0 Å². The lowest BCUT2D eigenvalue weighted by Crippen LogP contribution is -2.17. The normalized spacial score (nSPS) is 10.5. The smallest absolute Gasteiger partial charge is 0.372 e. The van der Waals surface area contributed by atoms with Crippen LogP contribution in [0.25, 0.3) is 0 Å². The number of nitrogens with zero attached hydrogens (tertiary/aromatic N) is 1. The first-order valence-electron chi connectivity index (χ1n) is 9.71. The Morgan fingerprint density at radius 3 is 1.93 bits per heavy atom. The van der Waals surface area contributed by atoms with Gasteiger partial charge >= 0.3 is 5.97 Å². The van der Waals surface area contributed by atoms with E-state index in [0.717, 1.165) is 38.5 Å². The molecule has 0 aliphatic heterocycles. The van der Waals surface area contributed by atoms with Gasteiger partial charge in [0.2, 0.25) is 11.5 Å². The number of hydrogen-bond donors (Lipinski definition) is 1. The maximum Gasteiger partial charge on any atom is 0.372 e. The third kappa shape index (κ3) is 7.85. The molecule has 0 spiro atoms. The van der Waals surface area contributed by atoms with Crippen LogP contribution in [-0.4, -0.2) is 41.7 Å². The molecule has 7 heteroatoms. The molecule has 0 unspecified atom stereocenters. The molecule has 0 amide bonds. The molecule has 0 aromatic carbocycles. The van der Waals surface area contributed by atoms with E-state index in [9.17, 15) is 9.59 Å². The second-order valence-electron chi connectivity index (χ2n) is 6.24. The molecule has 27 heavy (non-hydrogen) atoms. The average Bonchev–Trinajstić information content (AvgIpc) is 2.65. The minimum absolute atomic E-state index is 0.257. The van der Waals surface area contributed by atoms with Gasteiger partial charge in [-0.15, -0.1) is 0 Å². The first-order chi connectivity index (χ1) is 13.0. The van der Waals surface area contributed by atoms with Gasteiger partial charge in [-0.25, -0.2) is 4.79 Å². The SMILES string of the molecule is CCCCOc1cnc(CC(=O)C(=O)O)c(OCCCC)c1OCCCC. The van der Waals surface area contributed by atoms with Gasteiger partial charge in [0.25, 0.3) is 0 Å². The number of carbonyl (C=O) groups is 2.